The molecule has 0 radical (unpaired) electrons. The predicted octanol–water partition coefficient (Wildman–Crippen LogP) is 2.62. The summed E-state index contributed by atoms with van der Waals surface area (Å²) in [6, 6.07) is -0.850. The molecular weight excluding hydrogens is 458 g/mol. The molecule has 0 aromatic heterocycles. The number of unbranched alkanes of at least 4 members (excludes halogenated alkanes) is 3. The minimum atomic E-state index is -1.03. The molecule has 202 valence electrons. The highest BCUT2D eigenvalue weighted by Gasteiger charge is 2.80. The summed E-state index contributed by atoms with van der Waals surface area (Å²) in [5, 5.41) is 9.11. The highest BCUT2D eigenvalue weighted by Crippen LogP contribution is 2.65. The molecule has 2 bridgehead atoms. The van der Waals surface area contributed by atoms with Gasteiger partial charge in [0.2, 0.25) is 17.7 Å². The van der Waals surface area contributed by atoms with E-state index in [1.807, 2.05) is 20.8 Å². The molecule has 1 spiro atoms. The minimum Gasteiger partial charge on any atom is -0.396 e. The predicted molar refractivity (Wildman–Crippen MR) is 139 cm³/mol. The van der Waals surface area contributed by atoms with Crippen LogP contribution in [0.1, 0.15) is 59.8 Å². The second kappa shape index (κ2) is 11.1. The van der Waals surface area contributed by atoms with Gasteiger partial charge in [-0.05, 0) is 46.0 Å². The van der Waals surface area contributed by atoms with E-state index in [0.29, 0.717) is 32.5 Å². The van der Waals surface area contributed by atoms with E-state index in [2.05, 4.69) is 20.1 Å². The second-order valence-electron chi connectivity index (χ2n) is 11.3. The van der Waals surface area contributed by atoms with Gasteiger partial charge >= 0.3 is 0 Å². The molecule has 3 fully saturated rings. The van der Waals surface area contributed by atoms with Crippen molar-refractivity contribution in [2.24, 2.45) is 17.8 Å². The Balaban J connectivity index is 2.05. The monoisotopic (exact) mass is 503 g/mol. The zero-order chi connectivity index (χ0) is 26.8. The fourth-order valence-corrected chi connectivity index (χ4v) is 6.75. The van der Waals surface area contributed by atoms with Crippen LogP contribution in [0.15, 0.2) is 25.3 Å². The van der Waals surface area contributed by atoms with Gasteiger partial charge in [0.25, 0.3) is 0 Å². The molecule has 6 atom stereocenters. The van der Waals surface area contributed by atoms with Crippen LogP contribution in [0, 0.1) is 17.8 Å². The van der Waals surface area contributed by atoms with Gasteiger partial charge in [-0.3, -0.25) is 14.4 Å². The smallest absolute Gasteiger partial charge is 0.248 e. The number of aliphatic hydroxyl groups excluding tert-OH is 1. The average molecular weight is 504 g/mol. The van der Waals surface area contributed by atoms with Crippen LogP contribution in [0.3, 0.4) is 0 Å². The largest absolute Gasteiger partial charge is 0.396 e. The van der Waals surface area contributed by atoms with E-state index in [-0.39, 0.29) is 36.3 Å². The number of fused-ring (bicyclic) bond motifs is 1. The van der Waals surface area contributed by atoms with Gasteiger partial charge in [0, 0.05) is 39.3 Å². The third kappa shape index (κ3) is 4.51. The highest BCUT2D eigenvalue weighted by atomic mass is 16.5. The number of hydrogen-bond donors (Lipinski definition) is 1. The van der Waals surface area contributed by atoms with Crippen LogP contribution in [0.5, 0.6) is 0 Å². The molecule has 0 saturated carbocycles. The van der Waals surface area contributed by atoms with Crippen LogP contribution in [-0.4, -0.2) is 94.1 Å². The second-order valence-corrected chi connectivity index (χ2v) is 11.3. The van der Waals surface area contributed by atoms with E-state index in [0.717, 1.165) is 19.3 Å². The molecule has 8 heteroatoms. The Hall–Kier alpha value is -2.19. The first kappa shape index (κ1) is 28.4. The Morgan fingerprint density at radius 2 is 1.81 bits per heavy atom. The van der Waals surface area contributed by atoms with Gasteiger partial charge in [0.1, 0.15) is 11.6 Å². The maximum absolute atomic E-state index is 14.2. The van der Waals surface area contributed by atoms with E-state index >= 15 is 0 Å². The molecule has 3 saturated heterocycles. The van der Waals surface area contributed by atoms with E-state index in [4.69, 9.17) is 9.84 Å². The number of carbonyl (C=O) groups excluding carboxylic acids is 3. The number of ether oxygens (including phenoxy) is 1. The number of likely N-dealkylation sites (N-methyl/N-ethyl adjacent to an activating group) is 1. The van der Waals surface area contributed by atoms with Gasteiger partial charge < -0.3 is 24.5 Å². The molecule has 3 rings (SSSR count). The van der Waals surface area contributed by atoms with Gasteiger partial charge in [-0.1, -0.05) is 31.9 Å². The molecule has 8 nitrogen and oxygen atoms in total. The number of likely N-dealkylation sites (tertiary alicyclic amines) is 1. The zero-order valence-electron chi connectivity index (χ0n) is 22.7. The van der Waals surface area contributed by atoms with E-state index in [1.165, 1.54) is 0 Å². The number of amides is 3. The first-order valence-corrected chi connectivity index (χ1v) is 13.4. The lowest BCUT2D eigenvalue weighted by atomic mass is 9.62. The minimum absolute atomic E-state index is 0.0133. The van der Waals surface area contributed by atoms with E-state index in [1.54, 1.807) is 33.9 Å². The van der Waals surface area contributed by atoms with E-state index < -0.39 is 29.1 Å². The average Bonchev–Trinajstić information content (AvgIpc) is 3.33. The summed E-state index contributed by atoms with van der Waals surface area (Å²) in [5.41, 5.74) is -1.85. The molecule has 3 amide bonds. The van der Waals surface area contributed by atoms with Crippen LogP contribution in [0.4, 0.5) is 0 Å². The molecule has 3 heterocycles. The summed E-state index contributed by atoms with van der Waals surface area (Å²) in [7, 11) is 1.72. The Morgan fingerprint density at radius 1 is 1.17 bits per heavy atom. The van der Waals surface area contributed by atoms with Crippen LogP contribution >= 0.6 is 0 Å². The van der Waals surface area contributed by atoms with Crippen molar-refractivity contribution in [2.45, 2.75) is 83.1 Å². The number of hydrogen-bond acceptors (Lipinski definition) is 5. The third-order valence-electron chi connectivity index (χ3n) is 8.63. The highest BCUT2D eigenvalue weighted by molar-refractivity contribution is 5.99. The lowest BCUT2D eigenvalue weighted by molar-refractivity contribution is -0.155. The topological polar surface area (TPSA) is 90.4 Å². The summed E-state index contributed by atoms with van der Waals surface area (Å²) in [6.45, 7) is 16.8. The normalized spacial score (nSPS) is 32.6. The van der Waals surface area contributed by atoms with E-state index in [9.17, 15) is 14.4 Å². The summed E-state index contributed by atoms with van der Waals surface area (Å²) in [5.74, 6) is -1.76. The van der Waals surface area contributed by atoms with Crippen molar-refractivity contribution >= 4 is 17.7 Å². The molecule has 0 aromatic carbocycles. The van der Waals surface area contributed by atoms with Crippen LogP contribution in [0.25, 0.3) is 0 Å². The van der Waals surface area contributed by atoms with Crippen LogP contribution in [0.2, 0.25) is 0 Å². The summed E-state index contributed by atoms with van der Waals surface area (Å²) in [6.07, 6.45) is 7.09. The van der Waals surface area contributed by atoms with Gasteiger partial charge in [-0.2, -0.15) is 0 Å². The van der Waals surface area contributed by atoms with Gasteiger partial charge in [-0.15, -0.1) is 13.2 Å². The maximum atomic E-state index is 14.2. The Bertz CT molecular complexity index is 875. The molecule has 36 heavy (non-hydrogen) atoms. The molecule has 0 aromatic rings. The van der Waals surface area contributed by atoms with Crippen molar-refractivity contribution in [1.82, 2.24) is 14.7 Å². The zero-order valence-corrected chi connectivity index (χ0v) is 22.7. The lowest BCUT2D eigenvalue weighted by Crippen LogP contribution is -2.58. The summed E-state index contributed by atoms with van der Waals surface area (Å²) < 4.78 is 6.79. The Kier molecular flexibility index (Phi) is 8.71. The number of rotatable bonds is 13. The van der Waals surface area contributed by atoms with Gasteiger partial charge in [0.05, 0.1) is 17.4 Å². The molecule has 0 aliphatic carbocycles. The molecule has 3 unspecified atom stereocenters. The van der Waals surface area contributed by atoms with Gasteiger partial charge in [0.15, 0.2) is 0 Å². The molecule has 3 aliphatic rings. The SMILES string of the molecule is C=CCN(C)C(=O)[C@H]1[C@H]2C(=O)N(CCCCCCO)C(C(=O)N(CC=C)C(C)C)C23CC(C)[C@]1(C)O3. The maximum Gasteiger partial charge on any atom is 0.248 e. The molecule has 3 aliphatic heterocycles. The number of carbonyl (C=O) groups is 3. The third-order valence-corrected chi connectivity index (χ3v) is 8.63. The van der Waals surface area contributed by atoms with Crippen molar-refractivity contribution in [3.8, 4) is 0 Å². The van der Waals surface area contributed by atoms with Gasteiger partial charge in [-0.25, -0.2) is 0 Å². The first-order chi connectivity index (χ1) is 17.0. The van der Waals surface area contributed by atoms with Crippen molar-refractivity contribution < 1.29 is 24.2 Å². The Morgan fingerprint density at radius 3 is 2.39 bits per heavy atom. The standard InChI is InChI=1S/C28H45N3O5/c1-8-14-29(7)24(33)21-22-25(34)31(16-12-10-11-13-17-32)23(26(35)30(15-9-2)19(3)4)28(22)18-20(5)27(21,6)36-28/h8-9,19-23,32H,1-2,10-18H2,3-7H3/t20?,21-,22+,23?,27+,28?/m1/s1. The Labute approximate surface area is 216 Å². The van der Waals surface area contributed by atoms with Crippen LogP contribution in [-0.2, 0) is 19.1 Å². The molecule has 1 N–H and O–H groups in total. The van der Waals surface area contributed by atoms with Crippen LogP contribution < -0.4 is 0 Å². The number of nitrogens with zero attached hydrogens (tertiary/aromatic N) is 3. The van der Waals surface area contributed by atoms with Crippen molar-refractivity contribution in [1.29, 1.82) is 0 Å². The quantitative estimate of drug-likeness (QED) is 0.308. The summed E-state index contributed by atoms with van der Waals surface area (Å²) in [4.78, 5) is 47.1. The fraction of sp³-hybridized carbons (Fsp3) is 0.750. The van der Waals surface area contributed by atoms with Crippen molar-refractivity contribution in [3.05, 3.63) is 25.3 Å². The summed E-state index contributed by atoms with van der Waals surface area (Å²) >= 11 is 0. The molecular formula is C28H45N3O5. The van der Waals surface area contributed by atoms with Crippen molar-refractivity contribution in [3.63, 3.8) is 0 Å². The first-order valence-electron chi connectivity index (χ1n) is 13.4. The van der Waals surface area contributed by atoms with Crippen molar-refractivity contribution in [2.75, 3.05) is 33.3 Å². The number of aliphatic hydroxyl groups is 1. The fourth-order valence-electron chi connectivity index (χ4n) is 6.75. The lowest BCUT2D eigenvalue weighted by Gasteiger charge is -2.39.